The summed E-state index contributed by atoms with van der Waals surface area (Å²) < 4.78 is 2.78. The van der Waals surface area contributed by atoms with Crippen molar-refractivity contribution in [3.8, 4) is 0 Å². The monoisotopic (exact) mass is 332 g/mol. The Labute approximate surface area is 102 Å². The van der Waals surface area contributed by atoms with E-state index in [1.807, 2.05) is 0 Å². The van der Waals surface area contributed by atoms with Crippen LogP contribution in [0.2, 0.25) is 5.82 Å². The predicted octanol–water partition coefficient (Wildman–Crippen LogP) is 0.497. The molecule has 1 nitrogen and oxygen atoms in total. The molecule has 0 aliphatic rings. The zero-order valence-corrected chi connectivity index (χ0v) is 11.9. The van der Waals surface area contributed by atoms with Gasteiger partial charge in [-0.15, -0.1) is 0 Å². The van der Waals surface area contributed by atoms with Gasteiger partial charge in [0.2, 0.25) is 0 Å². The Morgan fingerprint density at radius 3 is 2.33 bits per heavy atom. The van der Waals surface area contributed by atoms with Crippen molar-refractivity contribution < 1.29 is 5.11 Å². The van der Waals surface area contributed by atoms with E-state index in [1.165, 1.54) is 19.7 Å². The van der Waals surface area contributed by atoms with E-state index >= 15 is 0 Å². The van der Waals surface area contributed by atoms with Gasteiger partial charge in [0.15, 0.2) is 0 Å². The number of fused-ring (bicyclic) bond motifs is 1. The summed E-state index contributed by atoms with van der Waals surface area (Å²) in [5, 5.41) is 11.8. The van der Waals surface area contributed by atoms with Crippen molar-refractivity contribution in [2.75, 3.05) is 5.51 Å². The summed E-state index contributed by atoms with van der Waals surface area (Å²) >= 11 is 0.710. The Morgan fingerprint density at radius 1 is 1.07 bits per heavy atom. The molecule has 0 unspecified atom stereocenters. The van der Waals surface area contributed by atoms with E-state index in [0.29, 0.717) is 15.0 Å². The van der Waals surface area contributed by atoms with Crippen molar-refractivity contribution in [3.05, 3.63) is 36.4 Å². The molecule has 0 aromatic heterocycles. The van der Waals surface area contributed by atoms with Gasteiger partial charge in [-0.25, -0.2) is 0 Å². The number of benzene rings is 2. The third-order valence-corrected chi connectivity index (χ3v) is 5.54. The van der Waals surface area contributed by atoms with Gasteiger partial charge in [-0.2, -0.15) is 0 Å². The van der Waals surface area contributed by atoms with Crippen molar-refractivity contribution in [2.45, 2.75) is 5.82 Å². The van der Waals surface area contributed by atoms with Crippen molar-refractivity contribution in [3.63, 3.8) is 0 Å². The third-order valence-electron chi connectivity index (χ3n) is 2.27. The molecule has 2 rings (SSSR count). The molecular formula is C12H12OSe2. The van der Waals surface area contributed by atoms with Crippen molar-refractivity contribution >= 4 is 49.6 Å². The molecule has 1 N–H and O–H groups in total. The molecule has 0 atom stereocenters. The molecule has 0 heterocycles. The minimum absolute atomic E-state index is 0.195. The molecule has 0 bridgehead atoms. The molecule has 15 heavy (non-hydrogen) atoms. The first kappa shape index (κ1) is 11.2. The normalized spacial score (nSPS) is 10.8. The van der Waals surface area contributed by atoms with Crippen LogP contribution in [0.25, 0.3) is 10.8 Å². The molecule has 0 aliphatic heterocycles. The van der Waals surface area contributed by atoms with E-state index in [0.717, 1.165) is 0 Å². The first-order chi connectivity index (χ1) is 7.36. The third kappa shape index (κ3) is 2.28. The fourth-order valence-corrected chi connectivity index (χ4v) is 4.76. The second-order valence-corrected chi connectivity index (χ2v) is 6.94. The Morgan fingerprint density at radius 2 is 1.73 bits per heavy atom. The maximum absolute atomic E-state index is 9.08. The van der Waals surface area contributed by atoms with Crippen LogP contribution in [-0.4, -0.2) is 40.5 Å². The second-order valence-electron chi connectivity index (χ2n) is 3.09. The molecule has 0 amide bonds. The molecule has 3 heteroatoms. The van der Waals surface area contributed by atoms with Crippen LogP contribution in [0.15, 0.2) is 36.4 Å². The zero-order chi connectivity index (χ0) is 10.7. The number of aliphatic hydroxyl groups is 1. The summed E-state index contributed by atoms with van der Waals surface area (Å²) in [6, 6.07) is 12.9. The first-order valence-corrected chi connectivity index (χ1v) is 9.30. The van der Waals surface area contributed by atoms with Crippen LogP contribution in [-0.2, 0) is 0 Å². The first-order valence-electron chi connectivity index (χ1n) is 4.66. The van der Waals surface area contributed by atoms with Crippen molar-refractivity contribution in [1.82, 2.24) is 0 Å². The van der Waals surface area contributed by atoms with Crippen LogP contribution in [0.4, 0.5) is 0 Å². The van der Waals surface area contributed by atoms with Crippen molar-refractivity contribution in [1.29, 1.82) is 0 Å². The quantitative estimate of drug-likeness (QED) is 0.813. The van der Waals surface area contributed by atoms with E-state index in [4.69, 9.17) is 5.11 Å². The molecule has 0 radical (unpaired) electrons. The van der Waals surface area contributed by atoms with Gasteiger partial charge < -0.3 is 0 Å². The predicted molar refractivity (Wildman–Crippen MR) is 67.7 cm³/mol. The van der Waals surface area contributed by atoms with Crippen LogP contribution < -0.4 is 8.92 Å². The summed E-state index contributed by atoms with van der Waals surface area (Å²) in [6.07, 6.45) is 0. The standard InChI is InChI=1S/C12H12OSe2/c1-14-10-6-2-4-9-5-3-7-11(12(9)10)15-8-13/h2-7,13H,8H2,1H3. The summed E-state index contributed by atoms with van der Waals surface area (Å²) in [4.78, 5) is 0. The SMILES string of the molecule is C[Se]c1cccc2cccc([Se]CO)c12. The number of aliphatic hydroxyl groups excluding tert-OH is 1. The van der Waals surface area contributed by atoms with Crippen LogP contribution in [0.3, 0.4) is 0 Å². The second kappa shape index (κ2) is 5.16. The van der Waals surface area contributed by atoms with Gasteiger partial charge in [0, 0.05) is 0 Å². The van der Waals surface area contributed by atoms with E-state index in [2.05, 4.69) is 42.2 Å². The molecule has 78 valence electrons. The van der Waals surface area contributed by atoms with Gasteiger partial charge in [-0.05, 0) is 0 Å². The average Bonchev–Trinajstić information content (AvgIpc) is 2.29. The topological polar surface area (TPSA) is 20.2 Å². The summed E-state index contributed by atoms with van der Waals surface area (Å²) in [7, 11) is 0. The molecule has 0 saturated carbocycles. The zero-order valence-electron chi connectivity index (χ0n) is 8.43. The van der Waals surface area contributed by atoms with Crippen LogP contribution >= 0.6 is 0 Å². The molecule has 0 saturated heterocycles. The molecule has 0 spiro atoms. The van der Waals surface area contributed by atoms with Crippen LogP contribution in [0, 0.1) is 0 Å². The van der Waals surface area contributed by atoms with Crippen LogP contribution in [0.1, 0.15) is 0 Å². The van der Waals surface area contributed by atoms with E-state index < -0.39 is 0 Å². The summed E-state index contributed by atoms with van der Waals surface area (Å²) in [5.74, 6) is 2.24. The minimum atomic E-state index is 0.195. The average molecular weight is 330 g/mol. The number of hydrogen-bond acceptors (Lipinski definition) is 1. The number of rotatable bonds is 3. The fraction of sp³-hybridized carbons (Fsp3) is 0.167. The van der Waals surface area contributed by atoms with E-state index in [9.17, 15) is 0 Å². The maximum atomic E-state index is 9.08. The number of hydrogen-bond donors (Lipinski definition) is 1. The summed E-state index contributed by atoms with van der Waals surface area (Å²) in [5.41, 5.74) is 0.289. The Hall–Kier alpha value is -0.301. The van der Waals surface area contributed by atoms with Gasteiger partial charge in [0.05, 0.1) is 0 Å². The Balaban J connectivity index is 2.69. The van der Waals surface area contributed by atoms with Gasteiger partial charge >= 0.3 is 102 Å². The fourth-order valence-electron chi connectivity index (χ4n) is 1.63. The Kier molecular flexibility index (Phi) is 3.85. The molecule has 0 fully saturated rings. The van der Waals surface area contributed by atoms with Gasteiger partial charge in [0.1, 0.15) is 0 Å². The molecule has 2 aromatic carbocycles. The molecular weight excluding hydrogens is 318 g/mol. The van der Waals surface area contributed by atoms with Gasteiger partial charge in [0.25, 0.3) is 0 Å². The molecule has 0 aliphatic carbocycles. The summed E-state index contributed by atoms with van der Waals surface area (Å²) in [6.45, 7) is 0. The van der Waals surface area contributed by atoms with Gasteiger partial charge in [-0.1, -0.05) is 0 Å². The van der Waals surface area contributed by atoms with E-state index in [1.54, 1.807) is 0 Å². The van der Waals surface area contributed by atoms with Crippen molar-refractivity contribution in [2.24, 2.45) is 0 Å². The van der Waals surface area contributed by atoms with E-state index in [-0.39, 0.29) is 20.5 Å². The Bertz CT molecular complexity index is 463. The van der Waals surface area contributed by atoms with Crippen LogP contribution in [0.5, 0.6) is 0 Å². The van der Waals surface area contributed by atoms with Gasteiger partial charge in [-0.3, -0.25) is 0 Å². The molecule has 2 aromatic rings.